The molecule has 0 fully saturated rings. The predicted molar refractivity (Wildman–Crippen MR) is 131 cm³/mol. The molecule has 0 radical (unpaired) electrons. The molecule has 158 valence electrons. The molecule has 0 aliphatic carbocycles. The van der Waals surface area contributed by atoms with Gasteiger partial charge in [0.05, 0.1) is 12.4 Å². The van der Waals surface area contributed by atoms with E-state index in [1.807, 2.05) is 43.3 Å². The molecule has 0 saturated carbocycles. The van der Waals surface area contributed by atoms with Crippen molar-refractivity contribution in [3.8, 4) is 33.9 Å². The number of aryl methyl sites for hydroxylation is 1. The number of pyridine rings is 1. The van der Waals surface area contributed by atoms with Crippen LogP contribution in [0.15, 0.2) is 103 Å². The van der Waals surface area contributed by atoms with E-state index in [9.17, 15) is 0 Å². The lowest BCUT2D eigenvalue weighted by Crippen LogP contribution is -2.21. The number of benzene rings is 3. The van der Waals surface area contributed by atoms with Gasteiger partial charge in [0.2, 0.25) is 0 Å². The van der Waals surface area contributed by atoms with Crippen molar-refractivity contribution in [2.45, 2.75) is 6.92 Å². The van der Waals surface area contributed by atoms with E-state index in [1.165, 1.54) is 5.56 Å². The molecule has 1 aromatic heterocycles. The van der Waals surface area contributed by atoms with Crippen LogP contribution in [-0.4, -0.2) is 23.6 Å². The van der Waals surface area contributed by atoms with Gasteiger partial charge < -0.3 is 14.5 Å². The first kappa shape index (κ1) is 19.9. The second kappa shape index (κ2) is 8.60. The van der Waals surface area contributed by atoms with Crippen LogP contribution in [0.3, 0.4) is 0 Å². The second-order valence-corrected chi connectivity index (χ2v) is 8.04. The number of hydrogen-bond donors (Lipinski definition) is 0. The van der Waals surface area contributed by atoms with Crippen molar-refractivity contribution in [3.63, 3.8) is 0 Å². The first-order chi connectivity index (χ1) is 15.6. The van der Waals surface area contributed by atoms with Gasteiger partial charge in [-0.2, -0.15) is 0 Å². The predicted octanol–water partition coefficient (Wildman–Crippen LogP) is 6.70. The molecule has 0 unspecified atom stereocenters. The summed E-state index contributed by atoms with van der Waals surface area (Å²) in [6.07, 6.45) is 4.14. The van der Waals surface area contributed by atoms with Gasteiger partial charge in [-0.05, 0) is 54.4 Å². The van der Waals surface area contributed by atoms with Crippen LogP contribution in [0.5, 0.6) is 11.5 Å². The number of hydrogen-bond acceptors (Lipinski definition) is 4. The van der Waals surface area contributed by atoms with E-state index in [1.54, 1.807) is 0 Å². The Balaban J connectivity index is 1.41. The van der Waals surface area contributed by atoms with Gasteiger partial charge in [-0.25, -0.2) is 0 Å². The van der Waals surface area contributed by atoms with E-state index in [2.05, 4.69) is 83.8 Å². The van der Waals surface area contributed by atoms with Crippen LogP contribution in [-0.2, 0) is 0 Å². The zero-order chi connectivity index (χ0) is 21.9. The zero-order valence-corrected chi connectivity index (χ0v) is 18.3. The molecular formula is C28H25N3O. The number of aromatic nitrogens is 1. The van der Waals surface area contributed by atoms with Gasteiger partial charge in [-0.15, -0.1) is 0 Å². The van der Waals surface area contributed by atoms with E-state index < -0.39 is 0 Å². The molecule has 0 N–H and O–H groups in total. The topological polar surface area (TPSA) is 28.6 Å². The number of anilines is 1. The van der Waals surface area contributed by atoms with Crippen molar-refractivity contribution >= 4 is 5.69 Å². The molecule has 0 saturated heterocycles. The Hall–Kier alpha value is -4.05. The van der Waals surface area contributed by atoms with Crippen LogP contribution in [0.1, 0.15) is 5.69 Å². The molecule has 0 bridgehead atoms. The fourth-order valence-corrected chi connectivity index (χ4v) is 3.89. The zero-order valence-electron chi connectivity index (χ0n) is 18.3. The molecule has 2 heterocycles. The van der Waals surface area contributed by atoms with Gasteiger partial charge in [0.25, 0.3) is 0 Å². The Kier molecular flexibility index (Phi) is 5.34. The summed E-state index contributed by atoms with van der Waals surface area (Å²) < 4.78 is 6.22. The highest BCUT2D eigenvalue weighted by atomic mass is 16.5. The molecule has 4 aromatic rings. The lowest BCUT2D eigenvalue weighted by Gasteiger charge is -2.19. The summed E-state index contributed by atoms with van der Waals surface area (Å²) in [5.74, 6) is 1.60. The Morgan fingerprint density at radius 3 is 2.25 bits per heavy atom. The third-order valence-corrected chi connectivity index (χ3v) is 5.45. The summed E-state index contributed by atoms with van der Waals surface area (Å²) >= 11 is 0. The average molecular weight is 420 g/mol. The maximum Gasteiger partial charge on any atom is 0.129 e. The van der Waals surface area contributed by atoms with E-state index in [-0.39, 0.29) is 0 Å². The second-order valence-electron chi connectivity index (χ2n) is 8.04. The van der Waals surface area contributed by atoms with Gasteiger partial charge in [-0.3, -0.25) is 4.98 Å². The van der Waals surface area contributed by atoms with Gasteiger partial charge in [0.15, 0.2) is 0 Å². The lowest BCUT2D eigenvalue weighted by atomic mass is 10.0. The Labute approximate surface area is 189 Å². The minimum Gasteiger partial charge on any atom is -0.457 e. The van der Waals surface area contributed by atoms with Crippen LogP contribution in [0.4, 0.5) is 5.69 Å². The van der Waals surface area contributed by atoms with Gasteiger partial charge >= 0.3 is 0 Å². The van der Waals surface area contributed by atoms with Crippen molar-refractivity contribution < 1.29 is 4.74 Å². The van der Waals surface area contributed by atoms with Crippen molar-refractivity contribution in [1.82, 2.24) is 9.88 Å². The van der Waals surface area contributed by atoms with Crippen LogP contribution < -0.4 is 9.64 Å². The summed E-state index contributed by atoms with van der Waals surface area (Å²) in [4.78, 5) is 9.10. The van der Waals surface area contributed by atoms with Crippen LogP contribution in [0, 0.1) is 6.92 Å². The number of rotatable bonds is 5. The molecule has 32 heavy (non-hydrogen) atoms. The standard InChI is InChI=1S/C28H25N3O/c1-21-16-24(22-8-4-3-5-9-22)18-28(29-21)23-10-6-12-26(17-23)32-27-13-7-11-25(19-27)31-15-14-30(2)20-31/h3-19H,20H2,1-2H3. The van der Waals surface area contributed by atoms with Gasteiger partial charge in [-0.1, -0.05) is 48.5 Å². The van der Waals surface area contributed by atoms with E-state index in [0.29, 0.717) is 0 Å². The highest BCUT2D eigenvalue weighted by Crippen LogP contribution is 2.31. The van der Waals surface area contributed by atoms with Crippen molar-refractivity contribution in [2.75, 3.05) is 18.6 Å². The fraction of sp³-hybridized carbons (Fsp3) is 0.107. The minimum atomic E-state index is 0.790. The molecule has 0 atom stereocenters. The lowest BCUT2D eigenvalue weighted by molar-refractivity contribution is 0.481. The van der Waals surface area contributed by atoms with Crippen molar-refractivity contribution in [2.24, 2.45) is 0 Å². The van der Waals surface area contributed by atoms with E-state index in [0.717, 1.165) is 46.4 Å². The van der Waals surface area contributed by atoms with Crippen LogP contribution >= 0.6 is 0 Å². The molecular weight excluding hydrogens is 394 g/mol. The molecule has 0 spiro atoms. The third-order valence-electron chi connectivity index (χ3n) is 5.45. The smallest absolute Gasteiger partial charge is 0.129 e. The van der Waals surface area contributed by atoms with Gasteiger partial charge in [0.1, 0.15) is 11.5 Å². The highest BCUT2D eigenvalue weighted by Gasteiger charge is 2.12. The maximum atomic E-state index is 6.22. The minimum absolute atomic E-state index is 0.790. The normalized spacial score (nSPS) is 12.9. The molecule has 4 nitrogen and oxygen atoms in total. The Morgan fingerprint density at radius 1 is 0.719 bits per heavy atom. The van der Waals surface area contributed by atoms with Crippen molar-refractivity contribution in [3.05, 3.63) is 109 Å². The summed E-state index contributed by atoms with van der Waals surface area (Å²) in [7, 11) is 2.06. The molecule has 1 aliphatic heterocycles. The first-order valence-corrected chi connectivity index (χ1v) is 10.7. The maximum absolute atomic E-state index is 6.22. The first-order valence-electron chi connectivity index (χ1n) is 10.7. The van der Waals surface area contributed by atoms with Gasteiger partial charge in [0, 0.05) is 42.5 Å². The Bertz CT molecular complexity index is 1270. The van der Waals surface area contributed by atoms with Crippen molar-refractivity contribution in [1.29, 1.82) is 0 Å². The molecule has 5 rings (SSSR count). The monoisotopic (exact) mass is 419 g/mol. The Morgan fingerprint density at radius 2 is 1.47 bits per heavy atom. The largest absolute Gasteiger partial charge is 0.457 e. The average Bonchev–Trinajstić information content (AvgIpc) is 3.26. The van der Waals surface area contributed by atoms with E-state index in [4.69, 9.17) is 9.72 Å². The molecule has 4 heteroatoms. The van der Waals surface area contributed by atoms with Crippen LogP contribution in [0.2, 0.25) is 0 Å². The molecule has 1 aliphatic rings. The quantitative estimate of drug-likeness (QED) is 0.360. The van der Waals surface area contributed by atoms with E-state index >= 15 is 0 Å². The summed E-state index contributed by atoms with van der Waals surface area (Å²) in [6, 6.07) is 30.9. The SMILES string of the molecule is Cc1cc(-c2ccccc2)cc(-c2cccc(Oc3cccc(N4C=CN(C)C4)c3)c2)n1. The summed E-state index contributed by atoms with van der Waals surface area (Å²) in [6.45, 7) is 2.87. The summed E-state index contributed by atoms with van der Waals surface area (Å²) in [5, 5.41) is 0. The number of ether oxygens (including phenoxy) is 1. The highest BCUT2D eigenvalue weighted by molar-refractivity contribution is 5.71. The number of nitrogens with zero attached hydrogens (tertiary/aromatic N) is 3. The van der Waals surface area contributed by atoms with Crippen LogP contribution in [0.25, 0.3) is 22.4 Å². The molecule has 3 aromatic carbocycles. The third kappa shape index (κ3) is 4.35. The molecule has 0 amide bonds. The fourth-order valence-electron chi connectivity index (χ4n) is 3.89. The summed E-state index contributed by atoms with van der Waals surface area (Å²) in [5.41, 5.74) is 6.41.